The highest BCUT2D eigenvalue weighted by Gasteiger charge is 2.27. The molecule has 1 aliphatic rings. The molecular formula is C22H23BrN4O3. The third-order valence-corrected chi connectivity index (χ3v) is 5.69. The van der Waals surface area contributed by atoms with Gasteiger partial charge >= 0.3 is 0 Å². The van der Waals surface area contributed by atoms with E-state index < -0.39 is 0 Å². The summed E-state index contributed by atoms with van der Waals surface area (Å²) >= 11 is 3.41. The van der Waals surface area contributed by atoms with E-state index in [2.05, 4.69) is 36.3 Å². The van der Waals surface area contributed by atoms with Gasteiger partial charge in [-0.2, -0.15) is 4.98 Å². The average Bonchev–Trinajstić information content (AvgIpc) is 3.24. The van der Waals surface area contributed by atoms with Crippen molar-refractivity contribution in [1.82, 2.24) is 15.0 Å². The second kappa shape index (κ2) is 9.40. The number of nitrogens with zero attached hydrogens (tertiary/aromatic N) is 3. The maximum Gasteiger partial charge on any atom is 0.241 e. The molecule has 0 spiro atoms. The van der Waals surface area contributed by atoms with Gasteiger partial charge in [0.05, 0.1) is 19.6 Å². The Hall–Kier alpha value is -2.71. The quantitative estimate of drug-likeness (QED) is 0.576. The lowest BCUT2D eigenvalue weighted by Gasteiger charge is -2.30. The summed E-state index contributed by atoms with van der Waals surface area (Å²) in [7, 11) is 1.63. The lowest BCUT2D eigenvalue weighted by atomic mass is 9.97. The fraction of sp³-hybridized carbons (Fsp3) is 0.318. The van der Waals surface area contributed by atoms with E-state index in [0.29, 0.717) is 24.8 Å². The van der Waals surface area contributed by atoms with Crippen molar-refractivity contribution in [3.63, 3.8) is 0 Å². The number of anilines is 1. The van der Waals surface area contributed by atoms with Crippen LogP contribution in [0.5, 0.6) is 5.75 Å². The van der Waals surface area contributed by atoms with Crippen molar-refractivity contribution in [3.8, 4) is 17.1 Å². The number of carbonyl (C=O) groups excluding carboxylic acids is 1. The van der Waals surface area contributed by atoms with Gasteiger partial charge in [-0.3, -0.25) is 9.69 Å². The number of benzene rings is 2. The molecule has 1 saturated heterocycles. The van der Waals surface area contributed by atoms with Crippen molar-refractivity contribution in [2.45, 2.75) is 19.4 Å². The van der Waals surface area contributed by atoms with Gasteiger partial charge in [0.25, 0.3) is 0 Å². The number of likely N-dealkylation sites (tertiary alicyclic amines) is 1. The van der Waals surface area contributed by atoms with Crippen LogP contribution in [0, 0.1) is 5.92 Å². The third-order valence-electron chi connectivity index (χ3n) is 5.16. The number of aromatic nitrogens is 2. The molecule has 2 heterocycles. The summed E-state index contributed by atoms with van der Waals surface area (Å²) in [5.74, 6) is 1.87. The highest BCUT2D eigenvalue weighted by Crippen LogP contribution is 2.23. The average molecular weight is 471 g/mol. The summed E-state index contributed by atoms with van der Waals surface area (Å²) in [6.45, 7) is 2.11. The van der Waals surface area contributed by atoms with Crippen LogP contribution in [0.4, 0.5) is 5.69 Å². The predicted molar refractivity (Wildman–Crippen MR) is 117 cm³/mol. The van der Waals surface area contributed by atoms with E-state index in [4.69, 9.17) is 9.26 Å². The number of nitrogens with one attached hydrogen (secondary N) is 1. The van der Waals surface area contributed by atoms with E-state index in [1.54, 1.807) is 7.11 Å². The molecule has 3 aromatic rings. The summed E-state index contributed by atoms with van der Waals surface area (Å²) in [6.07, 6.45) is 1.83. The van der Waals surface area contributed by atoms with Gasteiger partial charge in [0.15, 0.2) is 0 Å². The second-order valence-corrected chi connectivity index (χ2v) is 8.23. The highest BCUT2D eigenvalue weighted by molar-refractivity contribution is 9.10. The van der Waals surface area contributed by atoms with Crippen molar-refractivity contribution >= 4 is 27.5 Å². The molecule has 1 aromatic heterocycles. The summed E-state index contributed by atoms with van der Waals surface area (Å²) in [5, 5.41) is 7.10. The monoisotopic (exact) mass is 470 g/mol. The molecule has 1 N–H and O–H groups in total. The molecule has 0 saturated carbocycles. The van der Waals surface area contributed by atoms with Gasteiger partial charge < -0.3 is 14.6 Å². The van der Waals surface area contributed by atoms with Gasteiger partial charge in [0, 0.05) is 22.3 Å². The van der Waals surface area contributed by atoms with Crippen molar-refractivity contribution in [1.29, 1.82) is 0 Å². The summed E-state index contributed by atoms with van der Waals surface area (Å²) in [4.78, 5) is 19.4. The Balaban J connectivity index is 1.35. The van der Waals surface area contributed by atoms with Gasteiger partial charge in [-0.15, -0.1) is 0 Å². The Morgan fingerprint density at radius 2 is 2.00 bits per heavy atom. The zero-order chi connectivity index (χ0) is 20.9. The van der Waals surface area contributed by atoms with Gasteiger partial charge in [0.1, 0.15) is 5.75 Å². The third kappa shape index (κ3) is 5.06. The number of methoxy groups -OCH3 is 1. The molecule has 1 fully saturated rings. The smallest absolute Gasteiger partial charge is 0.241 e. The maximum atomic E-state index is 12.7. The zero-order valence-corrected chi connectivity index (χ0v) is 18.3. The fourth-order valence-electron chi connectivity index (χ4n) is 3.56. The zero-order valence-electron chi connectivity index (χ0n) is 16.7. The Labute approximate surface area is 183 Å². The number of halogens is 1. The molecule has 2 aromatic carbocycles. The summed E-state index contributed by atoms with van der Waals surface area (Å²) in [6, 6.07) is 15.1. The molecule has 1 atom stereocenters. The molecule has 1 unspecified atom stereocenters. The first kappa shape index (κ1) is 20.6. The summed E-state index contributed by atoms with van der Waals surface area (Å²) < 4.78 is 11.6. The molecule has 156 valence electrons. The van der Waals surface area contributed by atoms with E-state index in [-0.39, 0.29) is 11.8 Å². The van der Waals surface area contributed by atoms with Gasteiger partial charge in [-0.25, -0.2) is 0 Å². The minimum absolute atomic E-state index is 0.0477. The van der Waals surface area contributed by atoms with Crippen LogP contribution < -0.4 is 10.1 Å². The molecule has 30 heavy (non-hydrogen) atoms. The standard InChI is InChI=1S/C22H23BrN4O3/c1-29-19-10-4-15(5-11-19)21-25-20(30-26-21)14-27-12-2-3-16(13-27)22(28)24-18-8-6-17(23)7-9-18/h4-11,16H,2-3,12-14H2,1H3,(H,24,28). The van der Waals surface area contributed by atoms with E-state index in [9.17, 15) is 4.79 Å². The van der Waals surface area contributed by atoms with Gasteiger partial charge in [-0.05, 0) is 67.9 Å². The Bertz CT molecular complexity index is 988. The number of carbonyl (C=O) groups is 1. The van der Waals surface area contributed by atoms with Crippen LogP contribution in [0.3, 0.4) is 0 Å². The highest BCUT2D eigenvalue weighted by atomic mass is 79.9. The first-order chi connectivity index (χ1) is 14.6. The van der Waals surface area contributed by atoms with E-state index in [0.717, 1.165) is 40.9 Å². The lowest BCUT2D eigenvalue weighted by molar-refractivity contribution is -0.121. The minimum atomic E-state index is -0.0635. The van der Waals surface area contributed by atoms with E-state index in [1.807, 2.05) is 48.5 Å². The molecular weight excluding hydrogens is 448 g/mol. The minimum Gasteiger partial charge on any atom is -0.497 e. The number of rotatable bonds is 6. The topological polar surface area (TPSA) is 80.5 Å². The van der Waals surface area contributed by atoms with Crippen LogP contribution in [-0.4, -0.2) is 41.1 Å². The van der Waals surface area contributed by atoms with Crippen molar-refractivity contribution in [2.24, 2.45) is 5.92 Å². The lowest BCUT2D eigenvalue weighted by Crippen LogP contribution is -2.40. The van der Waals surface area contributed by atoms with E-state index >= 15 is 0 Å². The van der Waals surface area contributed by atoms with Gasteiger partial charge in [0.2, 0.25) is 17.6 Å². The van der Waals surface area contributed by atoms with Crippen LogP contribution in [0.2, 0.25) is 0 Å². The second-order valence-electron chi connectivity index (χ2n) is 7.31. The van der Waals surface area contributed by atoms with Gasteiger partial charge in [-0.1, -0.05) is 21.1 Å². The fourth-order valence-corrected chi connectivity index (χ4v) is 3.82. The SMILES string of the molecule is COc1ccc(-c2noc(CN3CCCC(C(=O)Nc4ccc(Br)cc4)C3)n2)cc1. The number of ether oxygens (including phenoxy) is 1. The van der Waals surface area contributed by atoms with E-state index in [1.165, 1.54) is 0 Å². The molecule has 0 bridgehead atoms. The number of amides is 1. The van der Waals surface area contributed by atoms with Crippen molar-refractivity contribution in [3.05, 3.63) is 58.9 Å². The van der Waals surface area contributed by atoms with Crippen molar-refractivity contribution in [2.75, 3.05) is 25.5 Å². The van der Waals surface area contributed by atoms with Crippen LogP contribution in [0.15, 0.2) is 57.5 Å². The van der Waals surface area contributed by atoms with Crippen molar-refractivity contribution < 1.29 is 14.1 Å². The first-order valence-corrected chi connectivity index (χ1v) is 10.7. The molecule has 1 aliphatic heterocycles. The molecule has 0 aliphatic carbocycles. The normalized spacial score (nSPS) is 16.9. The molecule has 0 radical (unpaired) electrons. The summed E-state index contributed by atoms with van der Waals surface area (Å²) in [5.41, 5.74) is 1.68. The van der Waals surface area contributed by atoms with Crippen LogP contribution in [-0.2, 0) is 11.3 Å². The Morgan fingerprint density at radius 3 is 2.73 bits per heavy atom. The number of piperidine rings is 1. The Morgan fingerprint density at radius 1 is 1.23 bits per heavy atom. The molecule has 7 nitrogen and oxygen atoms in total. The first-order valence-electron chi connectivity index (χ1n) is 9.86. The molecule has 1 amide bonds. The largest absolute Gasteiger partial charge is 0.497 e. The number of hydrogen-bond acceptors (Lipinski definition) is 6. The molecule has 4 rings (SSSR count). The Kier molecular flexibility index (Phi) is 6.44. The number of hydrogen-bond donors (Lipinski definition) is 1. The van der Waals surface area contributed by atoms with Crippen LogP contribution >= 0.6 is 15.9 Å². The predicted octanol–water partition coefficient (Wildman–Crippen LogP) is 4.36. The van der Waals surface area contributed by atoms with Crippen LogP contribution in [0.1, 0.15) is 18.7 Å². The molecule has 8 heteroatoms. The van der Waals surface area contributed by atoms with Crippen LogP contribution in [0.25, 0.3) is 11.4 Å². The maximum absolute atomic E-state index is 12.7.